The average molecular weight is 343 g/mol. The molecule has 4 amide bonds. The minimum atomic E-state index is -0.883. The highest BCUT2D eigenvalue weighted by molar-refractivity contribution is 6.07. The summed E-state index contributed by atoms with van der Waals surface area (Å²) in [5, 5.41) is 0. The van der Waals surface area contributed by atoms with E-state index >= 15 is 0 Å². The van der Waals surface area contributed by atoms with Crippen LogP contribution in [-0.4, -0.2) is 58.2 Å². The van der Waals surface area contributed by atoms with E-state index in [0.717, 1.165) is 12.8 Å². The van der Waals surface area contributed by atoms with Gasteiger partial charge >= 0.3 is 6.03 Å². The van der Waals surface area contributed by atoms with Gasteiger partial charge in [0.05, 0.1) is 0 Å². The summed E-state index contributed by atoms with van der Waals surface area (Å²) in [4.78, 5) is 43.6. The molecular weight excluding hydrogens is 318 g/mol. The summed E-state index contributed by atoms with van der Waals surface area (Å²) in [5.41, 5.74) is 0.681. The number of amides is 4. The maximum atomic E-state index is 13.2. The fraction of sp³-hybridized carbons (Fsp3) is 0.526. The van der Waals surface area contributed by atoms with E-state index < -0.39 is 12.1 Å². The molecule has 2 saturated heterocycles. The van der Waals surface area contributed by atoms with Crippen LogP contribution < -0.4 is 0 Å². The van der Waals surface area contributed by atoms with Crippen LogP contribution in [0.3, 0.4) is 0 Å². The highest BCUT2D eigenvalue weighted by Gasteiger charge is 2.51. The molecule has 6 nitrogen and oxygen atoms in total. The molecule has 2 aliphatic heterocycles. The van der Waals surface area contributed by atoms with Gasteiger partial charge in [0.2, 0.25) is 0 Å². The Balaban J connectivity index is 2.01. The van der Waals surface area contributed by atoms with E-state index in [4.69, 9.17) is 0 Å². The Morgan fingerprint density at radius 1 is 1.16 bits per heavy atom. The Hall–Kier alpha value is -2.37. The van der Waals surface area contributed by atoms with Crippen molar-refractivity contribution in [2.75, 3.05) is 19.6 Å². The Morgan fingerprint density at radius 2 is 1.84 bits per heavy atom. The fourth-order valence-electron chi connectivity index (χ4n) is 3.79. The predicted molar refractivity (Wildman–Crippen MR) is 93.7 cm³/mol. The maximum absolute atomic E-state index is 13.2. The zero-order chi connectivity index (χ0) is 18.0. The van der Waals surface area contributed by atoms with Gasteiger partial charge in [-0.1, -0.05) is 30.3 Å². The van der Waals surface area contributed by atoms with Crippen LogP contribution in [0.2, 0.25) is 0 Å². The molecule has 1 aromatic rings. The van der Waals surface area contributed by atoms with Gasteiger partial charge in [0.15, 0.2) is 0 Å². The first-order valence-electron chi connectivity index (χ1n) is 9.07. The maximum Gasteiger partial charge on any atom is 0.328 e. The van der Waals surface area contributed by atoms with Crippen molar-refractivity contribution in [3.63, 3.8) is 0 Å². The van der Waals surface area contributed by atoms with Gasteiger partial charge in [0, 0.05) is 19.6 Å². The molecule has 3 rings (SSSR count). The second kappa shape index (κ2) is 7.25. The third-order valence-corrected chi connectivity index (χ3v) is 5.16. The molecule has 2 fully saturated rings. The standard InChI is InChI=1S/C19H25N3O3/c1-3-20(4-2)18(24)16(14-10-6-5-7-11-14)22-17(23)15-12-8-9-13-21(15)19(22)25/h5-7,10-11,15-16H,3-4,8-9,12-13H2,1-2H3/t15-,16+/m0/s1. The number of hydrogen-bond donors (Lipinski definition) is 0. The van der Waals surface area contributed by atoms with Gasteiger partial charge in [-0.15, -0.1) is 0 Å². The second-order valence-corrected chi connectivity index (χ2v) is 6.52. The lowest BCUT2D eigenvalue weighted by atomic mass is 10.0. The highest BCUT2D eigenvalue weighted by Crippen LogP contribution is 2.34. The number of piperidine rings is 1. The normalized spacial score (nSPS) is 21.3. The van der Waals surface area contributed by atoms with Gasteiger partial charge in [-0.05, 0) is 38.7 Å². The summed E-state index contributed by atoms with van der Waals surface area (Å²) in [6, 6.07) is 7.52. The van der Waals surface area contributed by atoms with E-state index in [1.807, 2.05) is 44.2 Å². The van der Waals surface area contributed by atoms with Crippen LogP contribution in [0.1, 0.15) is 44.7 Å². The van der Waals surface area contributed by atoms with Crippen molar-refractivity contribution in [1.29, 1.82) is 0 Å². The average Bonchev–Trinajstić information content (AvgIpc) is 2.90. The summed E-state index contributed by atoms with van der Waals surface area (Å²) in [6.45, 7) is 5.48. The minimum Gasteiger partial charge on any atom is -0.341 e. The van der Waals surface area contributed by atoms with E-state index in [1.165, 1.54) is 4.90 Å². The van der Waals surface area contributed by atoms with E-state index in [-0.39, 0.29) is 17.8 Å². The Kier molecular flexibility index (Phi) is 5.06. The molecule has 0 radical (unpaired) electrons. The number of carbonyl (C=O) groups excluding carboxylic acids is 3. The molecule has 134 valence electrons. The molecule has 0 N–H and O–H groups in total. The lowest BCUT2D eigenvalue weighted by Crippen LogP contribution is -2.46. The zero-order valence-corrected chi connectivity index (χ0v) is 14.9. The lowest BCUT2D eigenvalue weighted by Gasteiger charge is -2.30. The number of hydrogen-bond acceptors (Lipinski definition) is 3. The molecule has 2 aliphatic rings. The van der Waals surface area contributed by atoms with E-state index in [1.54, 1.807) is 9.80 Å². The van der Waals surface area contributed by atoms with Gasteiger partial charge in [-0.2, -0.15) is 0 Å². The Morgan fingerprint density at radius 3 is 2.44 bits per heavy atom. The van der Waals surface area contributed by atoms with Crippen molar-refractivity contribution in [3.05, 3.63) is 35.9 Å². The van der Waals surface area contributed by atoms with Crippen molar-refractivity contribution in [2.45, 2.75) is 45.2 Å². The molecule has 0 aliphatic carbocycles. The number of urea groups is 1. The van der Waals surface area contributed by atoms with Crippen molar-refractivity contribution >= 4 is 17.8 Å². The van der Waals surface area contributed by atoms with Crippen molar-refractivity contribution < 1.29 is 14.4 Å². The molecule has 0 unspecified atom stereocenters. The van der Waals surface area contributed by atoms with Gasteiger partial charge in [-0.25, -0.2) is 9.69 Å². The van der Waals surface area contributed by atoms with Gasteiger partial charge in [-0.3, -0.25) is 9.59 Å². The van der Waals surface area contributed by atoms with Crippen LogP contribution >= 0.6 is 0 Å². The van der Waals surface area contributed by atoms with Crippen molar-refractivity contribution in [2.24, 2.45) is 0 Å². The number of nitrogens with zero attached hydrogens (tertiary/aromatic N) is 3. The smallest absolute Gasteiger partial charge is 0.328 e. The van der Waals surface area contributed by atoms with E-state index in [2.05, 4.69) is 0 Å². The van der Waals surface area contributed by atoms with Crippen LogP contribution in [0.5, 0.6) is 0 Å². The second-order valence-electron chi connectivity index (χ2n) is 6.52. The zero-order valence-electron chi connectivity index (χ0n) is 14.9. The number of benzene rings is 1. The molecule has 2 atom stereocenters. The Bertz CT molecular complexity index is 633. The molecule has 0 bridgehead atoms. The molecule has 6 heteroatoms. The largest absolute Gasteiger partial charge is 0.341 e. The number of likely N-dealkylation sites (N-methyl/N-ethyl adjacent to an activating group) is 1. The fourth-order valence-corrected chi connectivity index (χ4v) is 3.79. The molecular formula is C19H25N3O3. The first-order chi connectivity index (χ1) is 12.1. The topological polar surface area (TPSA) is 60.9 Å². The minimum absolute atomic E-state index is 0.197. The van der Waals surface area contributed by atoms with E-state index in [0.29, 0.717) is 31.6 Å². The molecule has 0 saturated carbocycles. The monoisotopic (exact) mass is 343 g/mol. The van der Waals surface area contributed by atoms with Gasteiger partial charge < -0.3 is 9.80 Å². The van der Waals surface area contributed by atoms with Gasteiger partial charge in [0.25, 0.3) is 11.8 Å². The van der Waals surface area contributed by atoms with Crippen LogP contribution in [0, 0.1) is 0 Å². The number of rotatable bonds is 5. The van der Waals surface area contributed by atoms with E-state index in [9.17, 15) is 14.4 Å². The number of imide groups is 1. The quantitative estimate of drug-likeness (QED) is 0.772. The van der Waals surface area contributed by atoms with Crippen LogP contribution in [0.4, 0.5) is 4.79 Å². The first-order valence-corrected chi connectivity index (χ1v) is 9.07. The molecule has 1 aromatic carbocycles. The van der Waals surface area contributed by atoms with Crippen LogP contribution in [-0.2, 0) is 9.59 Å². The summed E-state index contributed by atoms with van der Waals surface area (Å²) >= 11 is 0. The Labute approximate surface area is 148 Å². The molecule has 2 heterocycles. The van der Waals surface area contributed by atoms with Crippen LogP contribution in [0.25, 0.3) is 0 Å². The molecule has 25 heavy (non-hydrogen) atoms. The van der Waals surface area contributed by atoms with Crippen LogP contribution in [0.15, 0.2) is 30.3 Å². The third kappa shape index (κ3) is 3.01. The first kappa shape index (κ1) is 17.5. The van der Waals surface area contributed by atoms with Crippen molar-refractivity contribution in [3.8, 4) is 0 Å². The molecule has 0 spiro atoms. The molecule has 0 aromatic heterocycles. The van der Waals surface area contributed by atoms with Gasteiger partial charge in [0.1, 0.15) is 12.1 Å². The summed E-state index contributed by atoms with van der Waals surface area (Å²) in [7, 11) is 0. The predicted octanol–water partition coefficient (Wildman–Crippen LogP) is 2.41. The SMILES string of the molecule is CCN(CC)C(=O)[C@@H](c1ccccc1)N1C(=O)[C@@H]2CCCCN2C1=O. The summed E-state index contributed by atoms with van der Waals surface area (Å²) < 4.78 is 0. The number of fused-ring (bicyclic) bond motifs is 1. The highest BCUT2D eigenvalue weighted by atomic mass is 16.2. The number of carbonyl (C=O) groups is 3. The summed E-state index contributed by atoms with van der Waals surface area (Å²) in [5.74, 6) is -0.434. The lowest BCUT2D eigenvalue weighted by molar-refractivity contribution is -0.142. The third-order valence-electron chi connectivity index (χ3n) is 5.16. The summed E-state index contributed by atoms with van der Waals surface area (Å²) in [6.07, 6.45) is 2.53. The van der Waals surface area contributed by atoms with Crippen molar-refractivity contribution in [1.82, 2.24) is 14.7 Å².